The molecule has 0 aliphatic heterocycles. The van der Waals surface area contributed by atoms with Crippen molar-refractivity contribution in [3.05, 3.63) is 48.5 Å². The highest BCUT2D eigenvalue weighted by Gasteiger charge is 2.01. The number of hydrogen-bond donors (Lipinski definition) is 8. The predicted octanol–water partition coefficient (Wildman–Crippen LogP) is 1.57. The quantitative estimate of drug-likeness (QED) is 0.291. The van der Waals surface area contributed by atoms with Crippen molar-refractivity contribution in [1.82, 2.24) is 0 Å². The lowest BCUT2D eigenvalue weighted by atomic mass is 10.3. The second-order valence-electron chi connectivity index (χ2n) is 5.91. The first-order valence-electron chi connectivity index (χ1n) is 8.92. The summed E-state index contributed by atoms with van der Waals surface area (Å²) in [6.45, 7) is 0. The van der Waals surface area contributed by atoms with Crippen molar-refractivity contribution in [2.45, 2.75) is 25.7 Å². The van der Waals surface area contributed by atoms with Gasteiger partial charge in [0.15, 0.2) is 0 Å². The molecule has 0 saturated heterocycles. The molecule has 32 heavy (non-hydrogen) atoms. The third kappa shape index (κ3) is 23.6. The Labute approximate surface area is 184 Å². The molecule has 12 heteroatoms. The Morgan fingerprint density at radius 1 is 0.438 bits per heavy atom. The molecule has 0 unspecified atom stereocenters. The summed E-state index contributed by atoms with van der Waals surface area (Å²) in [5.74, 6) is -4.31. The summed E-state index contributed by atoms with van der Waals surface area (Å²) in [6.07, 6.45) is -1.19. The van der Waals surface area contributed by atoms with Crippen molar-refractivity contribution in [3.8, 4) is 0 Å². The molecule has 0 atom stereocenters. The van der Waals surface area contributed by atoms with Crippen molar-refractivity contribution in [2.75, 3.05) is 22.9 Å². The minimum Gasteiger partial charge on any atom is -0.481 e. The zero-order valence-corrected chi connectivity index (χ0v) is 17.2. The fourth-order valence-corrected chi connectivity index (χ4v) is 1.42. The van der Waals surface area contributed by atoms with Gasteiger partial charge in [-0.1, -0.05) is 0 Å². The highest BCUT2D eigenvalue weighted by molar-refractivity contribution is 5.75. The summed E-state index contributed by atoms with van der Waals surface area (Å²) >= 11 is 0. The molecule has 0 aliphatic rings. The standard InChI is InChI=1S/2C6H8N2.2C4H6O4/c2*7-5-1-2-6(8)4-3-5;2*5-3(6)1-2-4(7)8/h2*1-4H,7-8H2;2*1-2H2,(H,5,6)(H,7,8). The van der Waals surface area contributed by atoms with Gasteiger partial charge in [-0.2, -0.15) is 0 Å². The average Bonchev–Trinajstić information content (AvgIpc) is 2.71. The van der Waals surface area contributed by atoms with E-state index in [1.807, 2.05) is 0 Å². The van der Waals surface area contributed by atoms with Gasteiger partial charge in [0.2, 0.25) is 0 Å². The number of nitrogens with two attached hydrogens (primary N) is 4. The molecule has 176 valence electrons. The van der Waals surface area contributed by atoms with Crippen molar-refractivity contribution < 1.29 is 39.6 Å². The first-order chi connectivity index (χ1) is 14.8. The molecule has 0 radical (unpaired) electrons. The van der Waals surface area contributed by atoms with Crippen molar-refractivity contribution in [2.24, 2.45) is 0 Å². The van der Waals surface area contributed by atoms with Crippen LogP contribution in [-0.4, -0.2) is 44.3 Å². The van der Waals surface area contributed by atoms with E-state index in [0.29, 0.717) is 0 Å². The van der Waals surface area contributed by atoms with Crippen molar-refractivity contribution in [3.63, 3.8) is 0 Å². The number of aliphatic carboxylic acids is 4. The highest BCUT2D eigenvalue weighted by Crippen LogP contribution is 2.05. The van der Waals surface area contributed by atoms with E-state index in [1.165, 1.54) is 0 Å². The molecule has 2 aromatic rings. The summed E-state index contributed by atoms with van der Waals surface area (Å²) in [6, 6.07) is 14.2. The Hall–Kier alpha value is -4.48. The van der Waals surface area contributed by atoms with Gasteiger partial charge in [0.1, 0.15) is 0 Å². The zero-order valence-electron chi connectivity index (χ0n) is 17.2. The summed E-state index contributed by atoms with van der Waals surface area (Å²) < 4.78 is 0. The Balaban J connectivity index is 0. The third-order valence-electron chi connectivity index (χ3n) is 2.98. The number of nitrogen functional groups attached to an aromatic ring is 4. The predicted molar refractivity (Wildman–Crippen MR) is 120 cm³/mol. The zero-order chi connectivity index (χ0) is 25.1. The van der Waals surface area contributed by atoms with Crippen LogP contribution >= 0.6 is 0 Å². The van der Waals surface area contributed by atoms with Crippen LogP contribution in [0.4, 0.5) is 22.7 Å². The molecule has 12 N–H and O–H groups in total. The molecular formula is C20H28N4O8. The van der Waals surface area contributed by atoms with Crippen LogP contribution in [0.1, 0.15) is 25.7 Å². The molecule has 0 amide bonds. The van der Waals surface area contributed by atoms with Crippen LogP contribution in [0.25, 0.3) is 0 Å². The van der Waals surface area contributed by atoms with Gasteiger partial charge in [-0.3, -0.25) is 19.2 Å². The third-order valence-corrected chi connectivity index (χ3v) is 2.98. The molecule has 0 aromatic heterocycles. The highest BCUT2D eigenvalue weighted by atomic mass is 16.4. The molecule has 12 nitrogen and oxygen atoms in total. The van der Waals surface area contributed by atoms with E-state index in [-0.39, 0.29) is 25.7 Å². The SMILES string of the molecule is Nc1ccc(N)cc1.Nc1ccc(N)cc1.O=C(O)CCC(=O)O.O=C(O)CCC(=O)O. The summed E-state index contributed by atoms with van der Waals surface area (Å²) in [7, 11) is 0. The van der Waals surface area contributed by atoms with Crippen LogP contribution in [0, 0.1) is 0 Å². The minimum absolute atomic E-state index is 0.296. The molecule has 0 heterocycles. The van der Waals surface area contributed by atoms with Gasteiger partial charge in [-0.15, -0.1) is 0 Å². The second kappa shape index (κ2) is 17.4. The lowest BCUT2D eigenvalue weighted by Gasteiger charge is -1.90. The Bertz CT molecular complexity index is 698. The summed E-state index contributed by atoms with van der Waals surface area (Å²) in [4.78, 5) is 38.6. The molecule has 2 rings (SSSR count). The monoisotopic (exact) mass is 452 g/mol. The van der Waals surface area contributed by atoms with Gasteiger partial charge in [0, 0.05) is 22.7 Å². The van der Waals surface area contributed by atoms with E-state index in [0.717, 1.165) is 22.7 Å². The van der Waals surface area contributed by atoms with Crippen molar-refractivity contribution in [1.29, 1.82) is 0 Å². The second-order valence-corrected chi connectivity index (χ2v) is 5.91. The van der Waals surface area contributed by atoms with Crippen molar-refractivity contribution >= 4 is 46.6 Å². The van der Waals surface area contributed by atoms with Crippen LogP contribution in [0.15, 0.2) is 48.5 Å². The van der Waals surface area contributed by atoms with Crippen LogP contribution in [-0.2, 0) is 19.2 Å². The van der Waals surface area contributed by atoms with E-state index in [2.05, 4.69) is 0 Å². The fraction of sp³-hybridized carbons (Fsp3) is 0.200. The lowest BCUT2D eigenvalue weighted by molar-refractivity contribution is -0.143. The number of carboxylic acids is 4. The van der Waals surface area contributed by atoms with Gasteiger partial charge in [0.25, 0.3) is 0 Å². The number of carboxylic acid groups (broad SMARTS) is 4. The minimum atomic E-state index is -1.08. The van der Waals surface area contributed by atoms with E-state index in [9.17, 15) is 19.2 Å². The maximum atomic E-state index is 9.64. The van der Waals surface area contributed by atoms with E-state index in [4.69, 9.17) is 43.4 Å². The lowest BCUT2D eigenvalue weighted by Crippen LogP contribution is -2.00. The molecule has 0 saturated carbocycles. The smallest absolute Gasteiger partial charge is 0.303 e. The Morgan fingerprint density at radius 3 is 0.656 bits per heavy atom. The van der Waals surface area contributed by atoms with Gasteiger partial charge in [-0.05, 0) is 48.5 Å². The van der Waals surface area contributed by atoms with Gasteiger partial charge in [0.05, 0.1) is 25.7 Å². The van der Waals surface area contributed by atoms with Crippen LogP contribution < -0.4 is 22.9 Å². The number of carbonyl (C=O) groups is 4. The topological polar surface area (TPSA) is 253 Å². The molecule has 0 bridgehead atoms. The number of anilines is 4. The first kappa shape index (κ1) is 29.7. The summed E-state index contributed by atoms with van der Waals surface area (Å²) in [5.41, 5.74) is 24.5. The molecular weight excluding hydrogens is 424 g/mol. The first-order valence-corrected chi connectivity index (χ1v) is 8.92. The molecule has 2 aromatic carbocycles. The van der Waals surface area contributed by atoms with Gasteiger partial charge >= 0.3 is 23.9 Å². The molecule has 0 spiro atoms. The van der Waals surface area contributed by atoms with E-state index < -0.39 is 23.9 Å². The van der Waals surface area contributed by atoms with Crippen LogP contribution in [0.5, 0.6) is 0 Å². The Morgan fingerprint density at radius 2 is 0.562 bits per heavy atom. The summed E-state index contributed by atoms with van der Waals surface area (Å²) in [5, 5.41) is 31.6. The molecule has 0 aliphatic carbocycles. The van der Waals surface area contributed by atoms with E-state index in [1.54, 1.807) is 48.5 Å². The van der Waals surface area contributed by atoms with Gasteiger partial charge in [-0.25, -0.2) is 0 Å². The largest absolute Gasteiger partial charge is 0.481 e. The van der Waals surface area contributed by atoms with E-state index >= 15 is 0 Å². The fourth-order valence-electron chi connectivity index (χ4n) is 1.42. The van der Waals surface area contributed by atoms with Crippen LogP contribution in [0.3, 0.4) is 0 Å². The normalized spacial score (nSPS) is 8.75. The maximum Gasteiger partial charge on any atom is 0.303 e. The van der Waals surface area contributed by atoms with Gasteiger partial charge < -0.3 is 43.4 Å². The number of rotatable bonds is 6. The maximum absolute atomic E-state index is 9.64. The number of hydrogen-bond acceptors (Lipinski definition) is 8. The van der Waals surface area contributed by atoms with Crippen LogP contribution in [0.2, 0.25) is 0 Å². The average molecular weight is 452 g/mol. The number of benzene rings is 2. The molecule has 0 fully saturated rings. The Kier molecular flexibility index (Phi) is 16.1.